The van der Waals surface area contributed by atoms with Gasteiger partial charge in [0.25, 0.3) is 0 Å². The summed E-state index contributed by atoms with van der Waals surface area (Å²) in [5.41, 5.74) is 3.45. The lowest BCUT2D eigenvalue weighted by molar-refractivity contribution is 0.178. The van der Waals surface area contributed by atoms with Gasteiger partial charge in [0.05, 0.1) is 11.1 Å². The molecule has 2 nitrogen and oxygen atoms in total. The fourth-order valence-corrected chi connectivity index (χ4v) is 3.32. The van der Waals surface area contributed by atoms with Gasteiger partial charge in [-0.15, -0.1) is 11.3 Å². The Hall–Kier alpha value is -1.19. The zero-order valence-electron chi connectivity index (χ0n) is 11.2. The van der Waals surface area contributed by atoms with Crippen LogP contribution in [0.1, 0.15) is 53.1 Å². The van der Waals surface area contributed by atoms with Crippen LogP contribution in [-0.2, 0) is 6.42 Å². The number of aromatic nitrogens is 1. The van der Waals surface area contributed by atoms with Crippen molar-refractivity contribution in [1.29, 1.82) is 0 Å². The molecule has 0 radical (unpaired) electrons. The lowest BCUT2D eigenvalue weighted by Crippen LogP contribution is -2.09. The topological polar surface area (TPSA) is 33.1 Å². The van der Waals surface area contributed by atoms with Crippen molar-refractivity contribution in [3.05, 3.63) is 51.5 Å². The number of thiazole rings is 1. The summed E-state index contributed by atoms with van der Waals surface area (Å²) in [6.07, 6.45) is 4.17. The van der Waals surface area contributed by atoms with Gasteiger partial charge in [-0.1, -0.05) is 30.7 Å². The third-order valence-corrected chi connectivity index (χ3v) is 4.92. The van der Waals surface area contributed by atoms with Crippen molar-refractivity contribution in [2.24, 2.45) is 0 Å². The Bertz CT molecular complexity index is 542. The molecule has 1 heterocycles. The number of hydrogen-bond donors (Lipinski definition) is 1. The summed E-state index contributed by atoms with van der Waals surface area (Å²) in [6, 6.07) is 8.49. The van der Waals surface area contributed by atoms with Crippen LogP contribution in [0, 0.1) is 6.92 Å². The summed E-state index contributed by atoms with van der Waals surface area (Å²) in [6.45, 7) is 1.99. The van der Waals surface area contributed by atoms with Gasteiger partial charge in [-0.2, -0.15) is 0 Å². The smallest absolute Gasteiger partial charge is 0.0957 e. The molecular weight excluding hydrogens is 254 g/mol. The zero-order chi connectivity index (χ0) is 13.2. The monoisotopic (exact) mass is 273 g/mol. The Morgan fingerprint density at radius 2 is 2.05 bits per heavy atom. The summed E-state index contributed by atoms with van der Waals surface area (Å²) in [5.74, 6) is 0.757. The molecule has 1 atom stereocenters. The lowest BCUT2D eigenvalue weighted by atomic mass is 9.80. The van der Waals surface area contributed by atoms with Gasteiger partial charge >= 0.3 is 0 Å². The van der Waals surface area contributed by atoms with E-state index in [1.165, 1.54) is 24.8 Å². The van der Waals surface area contributed by atoms with E-state index >= 15 is 0 Å². The second-order valence-corrected chi connectivity index (χ2v) is 6.34. The van der Waals surface area contributed by atoms with Gasteiger partial charge in [-0.05, 0) is 36.8 Å². The van der Waals surface area contributed by atoms with E-state index in [1.807, 2.05) is 12.3 Å². The average molecular weight is 273 g/mol. The van der Waals surface area contributed by atoms with Crippen LogP contribution in [0.25, 0.3) is 0 Å². The van der Waals surface area contributed by atoms with Crippen LogP contribution in [-0.4, -0.2) is 10.1 Å². The lowest BCUT2D eigenvalue weighted by Gasteiger charge is -2.26. The van der Waals surface area contributed by atoms with Gasteiger partial charge in [0, 0.05) is 17.5 Å². The fraction of sp³-hybridized carbons (Fsp3) is 0.438. The standard InChI is InChI=1S/C16H19NOS/c1-11-10-19-16(17-11)9-15(18)14-7-5-13(6-8-14)12-3-2-4-12/h5-8,10,12,15,18H,2-4,9H2,1H3. The third kappa shape index (κ3) is 2.88. The highest BCUT2D eigenvalue weighted by molar-refractivity contribution is 7.09. The highest BCUT2D eigenvalue weighted by atomic mass is 32.1. The summed E-state index contributed by atoms with van der Waals surface area (Å²) in [7, 11) is 0. The quantitative estimate of drug-likeness (QED) is 0.913. The van der Waals surface area contributed by atoms with E-state index in [0.717, 1.165) is 22.2 Å². The first kappa shape index (κ1) is 12.8. The first-order valence-corrected chi connectivity index (χ1v) is 7.79. The predicted molar refractivity (Wildman–Crippen MR) is 78.5 cm³/mol. The van der Waals surface area contributed by atoms with Crippen LogP contribution in [0.2, 0.25) is 0 Å². The number of rotatable bonds is 4. The molecule has 1 N–H and O–H groups in total. The second-order valence-electron chi connectivity index (χ2n) is 5.40. The average Bonchev–Trinajstić information content (AvgIpc) is 2.73. The Morgan fingerprint density at radius 1 is 1.32 bits per heavy atom. The van der Waals surface area contributed by atoms with Crippen molar-refractivity contribution in [3.8, 4) is 0 Å². The van der Waals surface area contributed by atoms with Crippen LogP contribution < -0.4 is 0 Å². The summed E-state index contributed by atoms with van der Waals surface area (Å²) in [4.78, 5) is 4.40. The molecule has 1 aromatic carbocycles. The minimum atomic E-state index is -0.444. The number of hydrogen-bond acceptors (Lipinski definition) is 3. The molecule has 0 saturated heterocycles. The van der Waals surface area contributed by atoms with Gasteiger partial charge in [-0.25, -0.2) is 4.98 Å². The number of aliphatic hydroxyl groups is 1. The fourth-order valence-electron chi connectivity index (χ4n) is 2.51. The minimum absolute atomic E-state index is 0.444. The number of aryl methyl sites for hydroxylation is 1. The van der Waals surface area contributed by atoms with Crippen LogP contribution in [0.4, 0.5) is 0 Å². The van der Waals surface area contributed by atoms with Gasteiger partial charge in [0.2, 0.25) is 0 Å². The Balaban J connectivity index is 1.67. The van der Waals surface area contributed by atoms with E-state index in [4.69, 9.17) is 0 Å². The molecule has 1 unspecified atom stereocenters. The van der Waals surface area contributed by atoms with E-state index in [9.17, 15) is 5.11 Å². The molecule has 2 aromatic rings. The summed E-state index contributed by atoms with van der Waals surface area (Å²) < 4.78 is 0. The molecule has 0 bridgehead atoms. The van der Waals surface area contributed by atoms with Crippen molar-refractivity contribution in [2.75, 3.05) is 0 Å². The Labute approximate surface area is 118 Å². The van der Waals surface area contributed by atoms with Crippen LogP contribution >= 0.6 is 11.3 Å². The van der Waals surface area contributed by atoms with Gasteiger partial charge in [0.15, 0.2) is 0 Å². The van der Waals surface area contributed by atoms with E-state index in [1.54, 1.807) is 11.3 Å². The highest BCUT2D eigenvalue weighted by Gasteiger charge is 2.19. The first-order valence-electron chi connectivity index (χ1n) is 6.91. The molecule has 1 saturated carbocycles. The van der Waals surface area contributed by atoms with Crippen LogP contribution in [0.5, 0.6) is 0 Å². The highest BCUT2D eigenvalue weighted by Crippen LogP contribution is 2.36. The SMILES string of the molecule is Cc1csc(CC(O)c2ccc(C3CCC3)cc2)n1. The molecule has 0 aliphatic heterocycles. The van der Waals surface area contributed by atoms with Crippen molar-refractivity contribution in [3.63, 3.8) is 0 Å². The molecule has 1 aliphatic carbocycles. The Kier molecular flexibility index (Phi) is 3.67. The molecule has 1 aromatic heterocycles. The minimum Gasteiger partial charge on any atom is -0.388 e. The maximum absolute atomic E-state index is 10.3. The maximum Gasteiger partial charge on any atom is 0.0957 e. The zero-order valence-corrected chi connectivity index (χ0v) is 12.0. The van der Waals surface area contributed by atoms with E-state index in [2.05, 4.69) is 29.2 Å². The molecule has 1 fully saturated rings. The molecule has 1 aliphatic rings. The van der Waals surface area contributed by atoms with E-state index < -0.39 is 6.10 Å². The van der Waals surface area contributed by atoms with Gasteiger partial charge < -0.3 is 5.11 Å². The first-order chi connectivity index (χ1) is 9.22. The molecular formula is C16H19NOS. The van der Waals surface area contributed by atoms with E-state index in [0.29, 0.717) is 6.42 Å². The maximum atomic E-state index is 10.3. The summed E-state index contributed by atoms with van der Waals surface area (Å²) >= 11 is 1.62. The molecule has 0 amide bonds. The normalized spacial score (nSPS) is 17.2. The molecule has 3 heteroatoms. The predicted octanol–water partition coefficient (Wildman–Crippen LogP) is 4.00. The third-order valence-electron chi connectivity index (χ3n) is 3.93. The largest absolute Gasteiger partial charge is 0.388 e. The van der Waals surface area contributed by atoms with Crippen molar-refractivity contribution < 1.29 is 5.11 Å². The molecule has 100 valence electrons. The van der Waals surface area contributed by atoms with Crippen molar-refractivity contribution >= 4 is 11.3 Å². The van der Waals surface area contributed by atoms with Crippen LogP contribution in [0.3, 0.4) is 0 Å². The number of aliphatic hydroxyl groups excluding tert-OH is 1. The van der Waals surface area contributed by atoms with Gasteiger partial charge in [0.1, 0.15) is 0 Å². The molecule has 19 heavy (non-hydrogen) atoms. The molecule has 3 rings (SSSR count). The van der Waals surface area contributed by atoms with Crippen molar-refractivity contribution in [1.82, 2.24) is 4.98 Å². The number of benzene rings is 1. The molecule has 0 spiro atoms. The number of nitrogens with zero attached hydrogens (tertiary/aromatic N) is 1. The Morgan fingerprint density at radius 3 is 2.58 bits per heavy atom. The summed E-state index contributed by atoms with van der Waals surface area (Å²) in [5, 5.41) is 13.3. The van der Waals surface area contributed by atoms with Crippen molar-refractivity contribution in [2.45, 2.75) is 44.6 Å². The van der Waals surface area contributed by atoms with Gasteiger partial charge in [-0.3, -0.25) is 0 Å². The van der Waals surface area contributed by atoms with E-state index in [-0.39, 0.29) is 0 Å². The van der Waals surface area contributed by atoms with Crippen LogP contribution in [0.15, 0.2) is 29.6 Å². The second kappa shape index (κ2) is 5.43.